The summed E-state index contributed by atoms with van der Waals surface area (Å²) in [6, 6.07) is 0.900. The van der Waals surface area contributed by atoms with E-state index >= 15 is 0 Å². The molecule has 1 saturated heterocycles. The third-order valence-corrected chi connectivity index (χ3v) is 6.23. The fraction of sp³-hybridized carbons (Fsp3) is 0.944. The molecule has 5 unspecified atom stereocenters. The molecule has 3 aliphatic rings. The number of carbonyl (C=O) groups is 1. The first-order valence-electron chi connectivity index (χ1n) is 9.41. The number of hydrogen-bond donors (Lipinski definition) is 2. The van der Waals surface area contributed by atoms with Crippen molar-refractivity contribution in [1.29, 1.82) is 0 Å². The molecule has 126 valence electrons. The molecule has 1 aliphatic heterocycles. The molecule has 2 N–H and O–H groups in total. The van der Waals surface area contributed by atoms with Crippen LogP contribution >= 0.6 is 0 Å². The predicted octanol–water partition coefficient (Wildman–Crippen LogP) is 2.00. The summed E-state index contributed by atoms with van der Waals surface area (Å²) < 4.78 is 0. The van der Waals surface area contributed by atoms with Crippen LogP contribution in [0.3, 0.4) is 0 Å². The molecular weight excluding hydrogens is 274 g/mol. The first-order chi connectivity index (χ1) is 10.7. The summed E-state index contributed by atoms with van der Waals surface area (Å²) in [5.74, 6) is 2.80. The van der Waals surface area contributed by atoms with E-state index in [0.717, 1.165) is 43.8 Å². The molecule has 0 aromatic carbocycles. The van der Waals surface area contributed by atoms with Gasteiger partial charge in [0.15, 0.2) is 0 Å². The maximum atomic E-state index is 12.5. The Balaban J connectivity index is 1.47. The zero-order valence-electron chi connectivity index (χ0n) is 14.3. The Labute approximate surface area is 135 Å². The van der Waals surface area contributed by atoms with Crippen LogP contribution in [-0.4, -0.2) is 49.1 Å². The molecule has 5 atom stereocenters. The standard InChI is InChI=1S/C18H33N3O/c1-3-8-21(16-6-7-19-11-16)12-18(22)20-13(2)17-10-14-4-5-15(17)9-14/h13-17,19H,3-12H2,1-2H3,(H,20,22). The number of nitrogens with zero attached hydrogens (tertiary/aromatic N) is 1. The summed E-state index contributed by atoms with van der Waals surface area (Å²) in [7, 11) is 0. The third kappa shape index (κ3) is 3.65. The number of hydrogen-bond acceptors (Lipinski definition) is 3. The van der Waals surface area contributed by atoms with Gasteiger partial charge in [-0.15, -0.1) is 0 Å². The van der Waals surface area contributed by atoms with E-state index in [0.29, 0.717) is 18.6 Å². The second kappa shape index (κ2) is 7.31. The summed E-state index contributed by atoms with van der Waals surface area (Å²) in [6.45, 7) is 8.16. The molecule has 2 saturated carbocycles. The highest BCUT2D eigenvalue weighted by Gasteiger charge is 2.42. The van der Waals surface area contributed by atoms with Gasteiger partial charge in [-0.3, -0.25) is 9.69 Å². The van der Waals surface area contributed by atoms with Crippen LogP contribution in [0.5, 0.6) is 0 Å². The Bertz CT molecular complexity index is 381. The smallest absolute Gasteiger partial charge is 0.234 e. The minimum absolute atomic E-state index is 0.232. The van der Waals surface area contributed by atoms with Crippen LogP contribution in [0.2, 0.25) is 0 Å². The van der Waals surface area contributed by atoms with Crippen molar-refractivity contribution in [2.45, 2.75) is 64.5 Å². The molecule has 2 aliphatic carbocycles. The van der Waals surface area contributed by atoms with Gasteiger partial charge < -0.3 is 10.6 Å². The highest BCUT2D eigenvalue weighted by molar-refractivity contribution is 5.78. The highest BCUT2D eigenvalue weighted by atomic mass is 16.2. The van der Waals surface area contributed by atoms with E-state index in [1.165, 1.54) is 32.1 Å². The van der Waals surface area contributed by atoms with E-state index in [1.54, 1.807) is 0 Å². The van der Waals surface area contributed by atoms with E-state index in [2.05, 4.69) is 29.4 Å². The van der Waals surface area contributed by atoms with Gasteiger partial charge in [-0.1, -0.05) is 13.3 Å². The quantitative estimate of drug-likeness (QED) is 0.756. The largest absolute Gasteiger partial charge is 0.352 e. The Morgan fingerprint density at radius 3 is 2.77 bits per heavy atom. The monoisotopic (exact) mass is 307 g/mol. The summed E-state index contributed by atoms with van der Waals surface area (Å²) in [4.78, 5) is 14.9. The van der Waals surface area contributed by atoms with E-state index in [4.69, 9.17) is 0 Å². The Kier molecular flexibility index (Phi) is 5.40. The molecule has 3 rings (SSSR count). The topological polar surface area (TPSA) is 44.4 Å². The maximum absolute atomic E-state index is 12.5. The molecule has 1 heterocycles. The van der Waals surface area contributed by atoms with Crippen molar-refractivity contribution in [2.24, 2.45) is 17.8 Å². The summed E-state index contributed by atoms with van der Waals surface area (Å²) in [5, 5.41) is 6.73. The predicted molar refractivity (Wildman–Crippen MR) is 89.7 cm³/mol. The van der Waals surface area contributed by atoms with Crippen molar-refractivity contribution in [2.75, 3.05) is 26.2 Å². The number of nitrogens with one attached hydrogen (secondary N) is 2. The molecule has 0 aromatic heterocycles. The van der Waals surface area contributed by atoms with Gasteiger partial charge in [-0.25, -0.2) is 0 Å². The zero-order chi connectivity index (χ0) is 15.5. The van der Waals surface area contributed by atoms with Crippen molar-refractivity contribution < 1.29 is 4.79 Å². The molecule has 4 nitrogen and oxygen atoms in total. The number of amides is 1. The van der Waals surface area contributed by atoms with Crippen molar-refractivity contribution in [3.8, 4) is 0 Å². The van der Waals surface area contributed by atoms with E-state index < -0.39 is 0 Å². The first kappa shape index (κ1) is 16.3. The molecule has 0 aromatic rings. The van der Waals surface area contributed by atoms with Crippen LogP contribution in [0.4, 0.5) is 0 Å². The Morgan fingerprint density at radius 1 is 1.32 bits per heavy atom. The molecule has 0 radical (unpaired) electrons. The summed E-state index contributed by atoms with van der Waals surface area (Å²) in [5.41, 5.74) is 0. The highest BCUT2D eigenvalue weighted by Crippen LogP contribution is 2.49. The SMILES string of the molecule is CCCN(CC(=O)NC(C)C1CC2CCC1C2)C1CCNC1. The average Bonchev–Trinajstić information content (AvgIpc) is 3.23. The lowest BCUT2D eigenvalue weighted by molar-refractivity contribution is -0.123. The second-order valence-corrected chi connectivity index (χ2v) is 7.81. The van der Waals surface area contributed by atoms with Crippen LogP contribution in [0.25, 0.3) is 0 Å². The fourth-order valence-electron chi connectivity index (χ4n) is 5.13. The average molecular weight is 307 g/mol. The fourth-order valence-corrected chi connectivity index (χ4v) is 5.13. The van der Waals surface area contributed by atoms with Crippen LogP contribution < -0.4 is 10.6 Å². The summed E-state index contributed by atoms with van der Waals surface area (Å²) >= 11 is 0. The third-order valence-electron chi connectivity index (χ3n) is 6.23. The molecule has 0 spiro atoms. The number of fused-ring (bicyclic) bond motifs is 2. The van der Waals surface area contributed by atoms with E-state index in [1.807, 2.05) is 0 Å². The lowest BCUT2D eigenvalue weighted by atomic mass is 9.84. The van der Waals surface area contributed by atoms with Gasteiger partial charge in [-0.2, -0.15) is 0 Å². The van der Waals surface area contributed by atoms with Crippen molar-refractivity contribution >= 4 is 5.91 Å². The Morgan fingerprint density at radius 2 is 2.18 bits per heavy atom. The lowest BCUT2D eigenvalue weighted by Crippen LogP contribution is -2.48. The normalized spacial score (nSPS) is 35.2. The van der Waals surface area contributed by atoms with E-state index in [-0.39, 0.29) is 5.91 Å². The maximum Gasteiger partial charge on any atom is 0.234 e. The molecule has 1 amide bonds. The van der Waals surface area contributed by atoms with Crippen molar-refractivity contribution in [3.05, 3.63) is 0 Å². The van der Waals surface area contributed by atoms with Crippen LogP contribution in [0, 0.1) is 17.8 Å². The summed E-state index contributed by atoms with van der Waals surface area (Å²) in [6.07, 6.45) is 7.88. The van der Waals surface area contributed by atoms with Gasteiger partial charge in [0.2, 0.25) is 5.91 Å². The minimum Gasteiger partial charge on any atom is -0.352 e. The van der Waals surface area contributed by atoms with Gasteiger partial charge in [0, 0.05) is 18.6 Å². The van der Waals surface area contributed by atoms with Gasteiger partial charge in [-0.05, 0) is 69.9 Å². The van der Waals surface area contributed by atoms with Gasteiger partial charge >= 0.3 is 0 Å². The van der Waals surface area contributed by atoms with Gasteiger partial charge in [0.05, 0.1) is 6.54 Å². The first-order valence-corrected chi connectivity index (χ1v) is 9.41. The van der Waals surface area contributed by atoms with Crippen LogP contribution in [0.1, 0.15) is 52.4 Å². The van der Waals surface area contributed by atoms with Gasteiger partial charge in [0.1, 0.15) is 0 Å². The molecule has 3 fully saturated rings. The second-order valence-electron chi connectivity index (χ2n) is 7.81. The number of carbonyl (C=O) groups excluding carboxylic acids is 1. The molecule has 4 heteroatoms. The number of rotatable bonds is 7. The minimum atomic E-state index is 0.232. The Hall–Kier alpha value is -0.610. The molecule has 2 bridgehead atoms. The van der Waals surface area contributed by atoms with Crippen molar-refractivity contribution in [3.63, 3.8) is 0 Å². The van der Waals surface area contributed by atoms with Crippen LogP contribution in [-0.2, 0) is 4.79 Å². The zero-order valence-corrected chi connectivity index (χ0v) is 14.3. The lowest BCUT2D eigenvalue weighted by Gasteiger charge is -2.31. The van der Waals surface area contributed by atoms with Crippen molar-refractivity contribution in [1.82, 2.24) is 15.5 Å². The molecular formula is C18H33N3O. The van der Waals surface area contributed by atoms with Gasteiger partial charge in [0.25, 0.3) is 0 Å². The van der Waals surface area contributed by atoms with Crippen LogP contribution in [0.15, 0.2) is 0 Å². The van der Waals surface area contributed by atoms with E-state index in [9.17, 15) is 4.79 Å². The molecule has 22 heavy (non-hydrogen) atoms.